The highest BCUT2D eigenvalue weighted by atomic mass is 127. The Morgan fingerprint density at radius 2 is 1.68 bits per heavy atom. The molecule has 2 heterocycles. The van der Waals surface area contributed by atoms with Gasteiger partial charge in [0.25, 0.3) is 0 Å². The van der Waals surface area contributed by atoms with Gasteiger partial charge in [0, 0.05) is 59.3 Å². The predicted molar refractivity (Wildman–Crippen MR) is 112 cm³/mol. The van der Waals surface area contributed by atoms with Gasteiger partial charge in [-0.15, -0.1) is 24.0 Å². The van der Waals surface area contributed by atoms with Crippen molar-refractivity contribution in [3.8, 4) is 0 Å². The fourth-order valence-corrected chi connectivity index (χ4v) is 3.12. The standard InChI is InChI=1S/C17H33N5O2.HI/c1-3-18-17(22-10-8-21(9-11-22)16(2)23)19-6-4-5-7-20-12-14-24-15-13-20;/h3-15H2,1-2H3,(H,18,19);1H. The zero-order valence-electron chi connectivity index (χ0n) is 15.7. The molecule has 0 saturated carbocycles. The molecular formula is C17H34IN5O2. The van der Waals surface area contributed by atoms with Gasteiger partial charge in [0.05, 0.1) is 13.2 Å². The number of nitrogens with zero attached hydrogens (tertiary/aromatic N) is 4. The van der Waals surface area contributed by atoms with E-state index >= 15 is 0 Å². The molecule has 0 atom stereocenters. The molecule has 8 heteroatoms. The van der Waals surface area contributed by atoms with Crippen LogP contribution < -0.4 is 5.32 Å². The highest BCUT2D eigenvalue weighted by molar-refractivity contribution is 14.0. The molecule has 0 aromatic heterocycles. The molecule has 25 heavy (non-hydrogen) atoms. The Balaban J connectivity index is 0.00000312. The highest BCUT2D eigenvalue weighted by Gasteiger charge is 2.20. The summed E-state index contributed by atoms with van der Waals surface area (Å²) < 4.78 is 5.37. The van der Waals surface area contributed by atoms with Gasteiger partial charge in [-0.2, -0.15) is 0 Å². The summed E-state index contributed by atoms with van der Waals surface area (Å²) in [5.41, 5.74) is 0. The minimum absolute atomic E-state index is 0. The van der Waals surface area contributed by atoms with Crippen LogP contribution in [0.15, 0.2) is 4.99 Å². The van der Waals surface area contributed by atoms with Crippen molar-refractivity contribution in [1.29, 1.82) is 0 Å². The maximum absolute atomic E-state index is 11.4. The molecule has 2 aliphatic heterocycles. The average molecular weight is 467 g/mol. The molecule has 2 fully saturated rings. The van der Waals surface area contributed by atoms with E-state index in [2.05, 4.69) is 22.0 Å². The lowest BCUT2D eigenvalue weighted by Crippen LogP contribution is -2.53. The maximum atomic E-state index is 11.4. The Labute approximate surface area is 169 Å². The summed E-state index contributed by atoms with van der Waals surface area (Å²) in [5.74, 6) is 1.16. The van der Waals surface area contributed by atoms with Gasteiger partial charge in [-0.3, -0.25) is 14.7 Å². The molecule has 2 rings (SSSR count). The van der Waals surface area contributed by atoms with E-state index in [4.69, 9.17) is 9.73 Å². The van der Waals surface area contributed by atoms with Crippen molar-refractivity contribution in [2.75, 3.05) is 72.1 Å². The average Bonchev–Trinajstić information content (AvgIpc) is 2.61. The van der Waals surface area contributed by atoms with Crippen molar-refractivity contribution in [2.45, 2.75) is 26.7 Å². The molecule has 7 nitrogen and oxygen atoms in total. The van der Waals surface area contributed by atoms with Gasteiger partial charge < -0.3 is 19.9 Å². The lowest BCUT2D eigenvalue weighted by atomic mass is 10.3. The summed E-state index contributed by atoms with van der Waals surface area (Å²) in [6, 6.07) is 0. The number of morpholine rings is 1. The van der Waals surface area contributed by atoms with Crippen molar-refractivity contribution >= 4 is 35.8 Å². The Hall–Kier alpha value is -0.610. The Bertz CT molecular complexity index is 408. The quantitative estimate of drug-likeness (QED) is 0.272. The number of piperazine rings is 1. The second-order valence-electron chi connectivity index (χ2n) is 6.39. The normalized spacial score (nSPS) is 19.5. The van der Waals surface area contributed by atoms with Crippen LogP contribution in [0.1, 0.15) is 26.7 Å². The molecule has 0 radical (unpaired) electrons. The predicted octanol–water partition coefficient (Wildman–Crippen LogP) is 0.846. The number of ether oxygens (including phenoxy) is 1. The fraction of sp³-hybridized carbons (Fsp3) is 0.882. The van der Waals surface area contributed by atoms with Gasteiger partial charge in [-0.25, -0.2) is 0 Å². The number of carbonyl (C=O) groups excluding carboxylic acids is 1. The molecule has 0 aliphatic carbocycles. The third-order valence-electron chi connectivity index (χ3n) is 4.61. The van der Waals surface area contributed by atoms with E-state index in [1.807, 2.05) is 4.90 Å². The molecule has 1 amide bonds. The summed E-state index contributed by atoms with van der Waals surface area (Å²) in [4.78, 5) is 22.8. The number of unbranched alkanes of at least 4 members (excludes halogenated alkanes) is 1. The van der Waals surface area contributed by atoms with Crippen LogP contribution in [0, 0.1) is 0 Å². The van der Waals surface area contributed by atoms with Crippen LogP contribution in [0.3, 0.4) is 0 Å². The summed E-state index contributed by atoms with van der Waals surface area (Å²) in [6.45, 7) is 13.8. The van der Waals surface area contributed by atoms with Gasteiger partial charge in [0.2, 0.25) is 5.91 Å². The van der Waals surface area contributed by atoms with Crippen molar-refractivity contribution in [2.24, 2.45) is 4.99 Å². The first-order valence-electron chi connectivity index (χ1n) is 9.29. The van der Waals surface area contributed by atoms with Gasteiger partial charge >= 0.3 is 0 Å². The van der Waals surface area contributed by atoms with E-state index < -0.39 is 0 Å². The molecular weight excluding hydrogens is 433 g/mol. The number of hydrogen-bond donors (Lipinski definition) is 1. The molecule has 0 aromatic rings. The summed E-state index contributed by atoms with van der Waals surface area (Å²) in [7, 11) is 0. The van der Waals surface area contributed by atoms with Gasteiger partial charge in [-0.1, -0.05) is 0 Å². The SMILES string of the molecule is CCNC(=NCCCCN1CCOCC1)N1CCN(C(C)=O)CC1.I. The monoisotopic (exact) mass is 467 g/mol. The fourth-order valence-electron chi connectivity index (χ4n) is 3.12. The van der Waals surface area contributed by atoms with Crippen LogP contribution in [-0.4, -0.2) is 98.7 Å². The van der Waals surface area contributed by atoms with Crippen LogP contribution in [0.5, 0.6) is 0 Å². The molecule has 1 N–H and O–H groups in total. The van der Waals surface area contributed by atoms with Crippen molar-refractivity contribution in [3.63, 3.8) is 0 Å². The number of rotatable bonds is 6. The van der Waals surface area contributed by atoms with Crippen molar-refractivity contribution in [1.82, 2.24) is 20.0 Å². The van der Waals surface area contributed by atoms with Gasteiger partial charge in [-0.05, 0) is 26.3 Å². The molecule has 0 unspecified atom stereocenters. The van der Waals surface area contributed by atoms with Gasteiger partial charge in [0.15, 0.2) is 5.96 Å². The third-order valence-corrected chi connectivity index (χ3v) is 4.61. The lowest BCUT2D eigenvalue weighted by Gasteiger charge is -2.36. The number of amides is 1. The summed E-state index contributed by atoms with van der Waals surface area (Å²) in [6.07, 6.45) is 2.29. The third kappa shape index (κ3) is 8.08. The zero-order valence-corrected chi connectivity index (χ0v) is 18.0. The minimum atomic E-state index is 0. The Morgan fingerprint density at radius 3 is 2.28 bits per heavy atom. The second-order valence-corrected chi connectivity index (χ2v) is 6.39. The number of hydrogen-bond acceptors (Lipinski definition) is 4. The number of aliphatic imine (C=N–C) groups is 1. The van der Waals surface area contributed by atoms with E-state index in [0.717, 1.165) is 84.5 Å². The molecule has 0 bridgehead atoms. The van der Waals surface area contributed by atoms with Crippen LogP contribution in [0.25, 0.3) is 0 Å². The van der Waals surface area contributed by atoms with E-state index in [-0.39, 0.29) is 29.9 Å². The Kier molecular flexibility index (Phi) is 11.4. The number of carbonyl (C=O) groups is 1. The number of nitrogens with one attached hydrogen (secondary N) is 1. The maximum Gasteiger partial charge on any atom is 0.219 e. The zero-order chi connectivity index (χ0) is 17.2. The summed E-state index contributed by atoms with van der Waals surface area (Å²) >= 11 is 0. The Morgan fingerprint density at radius 1 is 1.04 bits per heavy atom. The smallest absolute Gasteiger partial charge is 0.219 e. The van der Waals surface area contributed by atoms with Crippen LogP contribution >= 0.6 is 24.0 Å². The lowest BCUT2D eigenvalue weighted by molar-refractivity contribution is -0.130. The first-order valence-corrected chi connectivity index (χ1v) is 9.29. The molecule has 0 aromatic carbocycles. The number of guanidine groups is 1. The minimum Gasteiger partial charge on any atom is -0.379 e. The van der Waals surface area contributed by atoms with E-state index in [1.165, 1.54) is 6.42 Å². The van der Waals surface area contributed by atoms with E-state index in [1.54, 1.807) is 6.92 Å². The van der Waals surface area contributed by atoms with Crippen LogP contribution in [-0.2, 0) is 9.53 Å². The second kappa shape index (κ2) is 12.7. The van der Waals surface area contributed by atoms with E-state index in [9.17, 15) is 4.79 Å². The van der Waals surface area contributed by atoms with Gasteiger partial charge in [0.1, 0.15) is 0 Å². The largest absolute Gasteiger partial charge is 0.379 e. The molecule has 2 saturated heterocycles. The van der Waals surface area contributed by atoms with Crippen LogP contribution in [0.4, 0.5) is 0 Å². The van der Waals surface area contributed by atoms with Crippen LogP contribution in [0.2, 0.25) is 0 Å². The molecule has 2 aliphatic rings. The van der Waals surface area contributed by atoms with E-state index in [0.29, 0.717) is 0 Å². The molecule has 0 spiro atoms. The van der Waals surface area contributed by atoms with Crippen molar-refractivity contribution < 1.29 is 9.53 Å². The number of halogens is 1. The van der Waals surface area contributed by atoms with Crippen molar-refractivity contribution in [3.05, 3.63) is 0 Å². The first kappa shape index (κ1) is 22.4. The highest BCUT2D eigenvalue weighted by Crippen LogP contribution is 2.04. The summed E-state index contributed by atoms with van der Waals surface area (Å²) in [5, 5.41) is 3.38. The molecule has 146 valence electrons. The topological polar surface area (TPSA) is 60.4 Å². The first-order chi connectivity index (χ1) is 11.7.